The highest BCUT2D eigenvalue weighted by molar-refractivity contribution is 5.78. The molecule has 1 fully saturated rings. The zero-order chi connectivity index (χ0) is 13.1. The van der Waals surface area contributed by atoms with Gasteiger partial charge in [0.25, 0.3) is 0 Å². The second-order valence-corrected chi connectivity index (χ2v) is 5.73. The highest BCUT2D eigenvalue weighted by Gasteiger charge is 2.21. The van der Waals surface area contributed by atoms with Crippen molar-refractivity contribution in [2.75, 3.05) is 0 Å². The van der Waals surface area contributed by atoms with Gasteiger partial charge in [0, 0.05) is 17.6 Å². The highest BCUT2D eigenvalue weighted by Crippen LogP contribution is 2.32. The average Bonchev–Trinajstić information content (AvgIpc) is 2.75. The molecule has 1 unspecified atom stereocenters. The van der Waals surface area contributed by atoms with E-state index >= 15 is 0 Å². The van der Waals surface area contributed by atoms with Crippen LogP contribution in [0, 0.1) is 5.92 Å². The van der Waals surface area contributed by atoms with Gasteiger partial charge in [-0.2, -0.15) is 0 Å². The number of benzene rings is 1. The Hall–Kier alpha value is -1.41. The minimum Gasteiger partial charge on any atom is -0.324 e. The first-order chi connectivity index (χ1) is 9.34. The molecule has 3 rings (SSSR count). The number of aromatic nitrogens is 1. The van der Waals surface area contributed by atoms with Crippen molar-refractivity contribution in [1.29, 1.82) is 0 Å². The van der Waals surface area contributed by atoms with Crippen molar-refractivity contribution in [3.63, 3.8) is 0 Å². The Labute approximate surface area is 115 Å². The summed E-state index contributed by atoms with van der Waals surface area (Å²) in [6.07, 6.45) is 9.84. The molecule has 1 atom stereocenters. The first-order valence-electron chi connectivity index (χ1n) is 7.45. The molecule has 0 amide bonds. The van der Waals surface area contributed by atoms with Crippen LogP contribution in [-0.2, 0) is 0 Å². The molecule has 0 spiro atoms. The van der Waals surface area contributed by atoms with Crippen molar-refractivity contribution in [2.45, 2.75) is 44.6 Å². The van der Waals surface area contributed by atoms with E-state index in [-0.39, 0.29) is 6.04 Å². The van der Waals surface area contributed by atoms with Gasteiger partial charge in [-0.15, -0.1) is 0 Å². The van der Waals surface area contributed by atoms with E-state index in [4.69, 9.17) is 5.73 Å². The van der Waals surface area contributed by atoms with Crippen LogP contribution in [0.15, 0.2) is 36.5 Å². The van der Waals surface area contributed by atoms with Crippen molar-refractivity contribution in [1.82, 2.24) is 4.98 Å². The summed E-state index contributed by atoms with van der Waals surface area (Å²) >= 11 is 0. The zero-order valence-electron chi connectivity index (χ0n) is 11.4. The third-order valence-corrected chi connectivity index (χ3v) is 4.42. The molecule has 19 heavy (non-hydrogen) atoms. The lowest BCUT2D eigenvalue weighted by molar-refractivity contribution is 0.382. The minimum atomic E-state index is 0.171. The van der Waals surface area contributed by atoms with Gasteiger partial charge in [-0.1, -0.05) is 43.9 Å². The Morgan fingerprint density at radius 1 is 1.05 bits per heavy atom. The Morgan fingerprint density at radius 3 is 2.63 bits per heavy atom. The number of nitrogens with zero attached hydrogens (tertiary/aromatic N) is 1. The van der Waals surface area contributed by atoms with Gasteiger partial charge in [0.15, 0.2) is 0 Å². The van der Waals surface area contributed by atoms with Crippen molar-refractivity contribution >= 4 is 10.9 Å². The Balaban J connectivity index is 1.85. The molecule has 1 aliphatic rings. The molecular weight excluding hydrogens is 232 g/mol. The lowest BCUT2D eigenvalue weighted by atomic mass is 9.87. The SMILES string of the molecule is NC(c1ccc2cccnc2c1)C1CCCCCC1. The maximum Gasteiger partial charge on any atom is 0.0705 e. The summed E-state index contributed by atoms with van der Waals surface area (Å²) in [6, 6.07) is 10.7. The predicted molar refractivity (Wildman–Crippen MR) is 79.9 cm³/mol. The van der Waals surface area contributed by atoms with Crippen molar-refractivity contribution in [2.24, 2.45) is 11.7 Å². The molecule has 2 heteroatoms. The van der Waals surface area contributed by atoms with E-state index in [1.165, 1.54) is 49.5 Å². The molecule has 1 aromatic carbocycles. The lowest BCUT2D eigenvalue weighted by Gasteiger charge is -2.23. The molecule has 1 aromatic heterocycles. The largest absolute Gasteiger partial charge is 0.324 e. The molecule has 2 N–H and O–H groups in total. The van der Waals surface area contributed by atoms with Gasteiger partial charge in [-0.05, 0) is 36.5 Å². The van der Waals surface area contributed by atoms with Crippen LogP contribution in [0.3, 0.4) is 0 Å². The third kappa shape index (κ3) is 2.79. The molecule has 0 saturated heterocycles. The van der Waals surface area contributed by atoms with Crippen LogP contribution in [0.2, 0.25) is 0 Å². The molecule has 0 radical (unpaired) electrons. The number of rotatable bonds is 2. The van der Waals surface area contributed by atoms with Gasteiger partial charge < -0.3 is 5.73 Å². The number of pyridine rings is 1. The molecule has 0 aliphatic heterocycles. The summed E-state index contributed by atoms with van der Waals surface area (Å²) in [6.45, 7) is 0. The van der Waals surface area contributed by atoms with Crippen LogP contribution in [0.4, 0.5) is 0 Å². The van der Waals surface area contributed by atoms with Gasteiger partial charge in [-0.3, -0.25) is 4.98 Å². The molecule has 1 heterocycles. The molecule has 0 bridgehead atoms. The van der Waals surface area contributed by atoms with E-state index in [0.29, 0.717) is 5.92 Å². The Morgan fingerprint density at radius 2 is 1.84 bits per heavy atom. The summed E-state index contributed by atoms with van der Waals surface area (Å²) in [5.74, 6) is 0.642. The molecule has 100 valence electrons. The van der Waals surface area contributed by atoms with Crippen molar-refractivity contribution < 1.29 is 0 Å². The average molecular weight is 254 g/mol. The van der Waals surface area contributed by atoms with Crippen molar-refractivity contribution in [3.05, 3.63) is 42.1 Å². The fraction of sp³-hybridized carbons (Fsp3) is 0.471. The van der Waals surface area contributed by atoms with Crippen molar-refractivity contribution in [3.8, 4) is 0 Å². The first-order valence-corrected chi connectivity index (χ1v) is 7.45. The maximum atomic E-state index is 6.50. The topological polar surface area (TPSA) is 38.9 Å². The molecular formula is C17H22N2. The molecule has 2 nitrogen and oxygen atoms in total. The van der Waals surface area contributed by atoms with E-state index in [0.717, 1.165) is 5.52 Å². The summed E-state index contributed by atoms with van der Waals surface area (Å²) in [4.78, 5) is 4.43. The van der Waals surface area contributed by atoms with Gasteiger partial charge >= 0.3 is 0 Å². The van der Waals surface area contributed by atoms with Gasteiger partial charge in [0.1, 0.15) is 0 Å². The summed E-state index contributed by atoms with van der Waals surface area (Å²) in [7, 11) is 0. The van der Waals surface area contributed by atoms with E-state index in [9.17, 15) is 0 Å². The van der Waals surface area contributed by atoms with E-state index < -0.39 is 0 Å². The van der Waals surface area contributed by atoms with E-state index in [2.05, 4.69) is 29.2 Å². The Kier molecular flexibility index (Phi) is 3.79. The van der Waals surface area contributed by atoms with E-state index in [1.807, 2.05) is 12.3 Å². The van der Waals surface area contributed by atoms with Crippen LogP contribution in [0.5, 0.6) is 0 Å². The molecule has 2 aromatic rings. The van der Waals surface area contributed by atoms with Crippen LogP contribution in [0.1, 0.15) is 50.1 Å². The summed E-state index contributed by atoms with van der Waals surface area (Å²) in [5, 5.41) is 1.19. The normalized spacial score (nSPS) is 19.2. The predicted octanol–water partition coefficient (Wildman–Crippen LogP) is 4.21. The van der Waals surface area contributed by atoms with Crippen LogP contribution in [-0.4, -0.2) is 4.98 Å². The highest BCUT2D eigenvalue weighted by atomic mass is 14.7. The fourth-order valence-corrected chi connectivity index (χ4v) is 3.23. The summed E-state index contributed by atoms with van der Waals surface area (Å²) in [5.41, 5.74) is 8.81. The Bertz CT molecular complexity index is 542. The monoisotopic (exact) mass is 254 g/mol. The maximum absolute atomic E-state index is 6.50. The number of nitrogens with two attached hydrogens (primary N) is 1. The smallest absolute Gasteiger partial charge is 0.0705 e. The number of fused-ring (bicyclic) bond motifs is 1. The van der Waals surface area contributed by atoms with Gasteiger partial charge in [-0.25, -0.2) is 0 Å². The standard InChI is InChI=1S/C17H22N2/c18-17(14-6-3-1-2-4-7-14)15-10-9-13-8-5-11-19-16(13)12-15/h5,8-12,14,17H,1-4,6-7,18H2. The van der Waals surface area contributed by atoms with Crippen LogP contribution >= 0.6 is 0 Å². The fourth-order valence-electron chi connectivity index (χ4n) is 3.23. The number of hydrogen-bond acceptors (Lipinski definition) is 2. The quantitative estimate of drug-likeness (QED) is 0.815. The second-order valence-electron chi connectivity index (χ2n) is 5.73. The zero-order valence-corrected chi connectivity index (χ0v) is 11.4. The molecule has 1 aliphatic carbocycles. The van der Waals surface area contributed by atoms with Crippen LogP contribution < -0.4 is 5.73 Å². The second kappa shape index (κ2) is 5.70. The summed E-state index contributed by atoms with van der Waals surface area (Å²) < 4.78 is 0. The minimum absolute atomic E-state index is 0.171. The molecule has 1 saturated carbocycles. The van der Waals surface area contributed by atoms with Gasteiger partial charge in [0.05, 0.1) is 5.52 Å². The van der Waals surface area contributed by atoms with Gasteiger partial charge in [0.2, 0.25) is 0 Å². The van der Waals surface area contributed by atoms with E-state index in [1.54, 1.807) is 0 Å². The lowest BCUT2D eigenvalue weighted by Crippen LogP contribution is -2.21. The number of hydrogen-bond donors (Lipinski definition) is 1. The third-order valence-electron chi connectivity index (χ3n) is 4.42. The first kappa shape index (κ1) is 12.6. The van der Waals surface area contributed by atoms with Crippen LogP contribution in [0.25, 0.3) is 10.9 Å².